The van der Waals surface area contributed by atoms with E-state index in [1.54, 1.807) is 18.3 Å². The van der Waals surface area contributed by atoms with Gasteiger partial charge in [0.25, 0.3) is 5.91 Å². The molecule has 0 saturated heterocycles. The van der Waals surface area contributed by atoms with Crippen molar-refractivity contribution in [3.05, 3.63) is 105 Å². The molecule has 0 aliphatic carbocycles. The Morgan fingerprint density at radius 1 is 1.07 bits per heavy atom. The van der Waals surface area contributed by atoms with E-state index in [1.165, 1.54) is 5.56 Å². The van der Waals surface area contributed by atoms with Crippen LogP contribution in [-0.4, -0.2) is 47.1 Å². The molecule has 0 fully saturated rings. The van der Waals surface area contributed by atoms with Crippen LogP contribution in [0.4, 0.5) is 0 Å². The number of H-pyrrole nitrogens is 2. The fourth-order valence-electron chi connectivity index (χ4n) is 4.68. The number of nitrogens with zero attached hydrogens (tertiary/aromatic N) is 2. The van der Waals surface area contributed by atoms with Crippen molar-refractivity contribution in [2.24, 2.45) is 0 Å². The highest BCUT2D eigenvalue weighted by atomic mass is 35.5. The zero-order valence-corrected chi connectivity index (χ0v) is 24.1. The van der Waals surface area contributed by atoms with Gasteiger partial charge < -0.3 is 14.9 Å². The number of amides is 1. The van der Waals surface area contributed by atoms with Crippen molar-refractivity contribution in [1.82, 2.24) is 25.5 Å². The molecular formula is C29H26Cl2N5O3S-. The topological polar surface area (TPSA) is 127 Å². The van der Waals surface area contributed by atoms with Gasteiger partial charge in [-0.25, -0.2) is 4.98 Å². The molecule has 206 valence electrons. The predicted octanol–water partition coefficient (Wildman–Crippen LogP) is 5.86. The molecule has 2 heterocycles. The predicted molar refractivity (Wildman–Crippen MR) is 158 cm³/mol. The number of rotatable bonds is 9. The number of aryl methyl sites for hydroxylation is 3. The molecule has 0 radical (unpaired) electrons. The third kappa shape index (κ3) is 5.97. The molecule has 1 amide bonds. The lowest BCUT2D eigenvalue weighted by Crippen LogP contribution is -2.29. The quantitative estimate of drug-likeness (QED) is 0.184. The van der Waals surface area contributed by atoms with Crippen molar-refractivity contribution in [3.8, 4) is 11.1 Å². The van der Waals surface area contributed by atoms with Gasteiger partial charge in [-0.1, -0.05) is 64.6 Å². The summed E-state index contributed by atoms with van der Waals surface area (Å²) < 4.78 is 22.0. The van der Waals surface area contributed by atoms with Crippen molar-refractivity contribution in [1.29, 1.82) is 0 Å². The van der Waals surface area contributed by atoms with Gasteiger partial charge in [-0.3, -0.25) is 14.1 Å². The van der Waals surface area contributed by atoms with Gasteiger partial charge in [0, 0.05) is 30.0 Å². The maximum atomic E-state index is 13.4. The van der Waals surface area contributed by atoms with Crippen LogP contribution in [0.1, 0.15) is 44.5 Å². The molecule has 40 heavy (non-hydrogen) atoms. The SMILES string of the molecule is Cc1cc2nc(C(CNC(=O)c3c(Cl)cc(-c4cn[nH]c4CCS(=O)[O-])cc3Cl)c3ccccc3)[nH]c2cc1C. The number of aromatic amines is 2. The van der Waals surface area contributed by atoms with E-state index in [0.717, 1.165) is 28.0 Å². The van der Waals surface area contributed by atoms with Crippen molar-refractivity contribution in [2.45, 2.75) is 26.2 Å². The Balaban J connectivity index is 1.40. The van der Waals surface area contributed by atoms with E-state index in [2.05, 4.69) is 46.5 Å². The molecule has 5 rings (SSSR count). The zero-order valence-electron chi connectivity index (χ0n) is 21.8. The Morgan fingerprint density at radius 2 is 1.77 bits per heavy atom. The monoisotopic (exact) mass is 594 g/mol. The van der Waals surface area contributed by atoms with Gasteiger partial charge in [0.15, 0.2) is 0 Å². The van der Waals surface area contributed by atoms with Crippen LogP contribution in [0.5, 0.6) is 0 Å². The molecule has 2 unspecified atom stereocenters. The number of carbonyl (C=O) groups is 1. The second kappa shape index (κ2) is 11.9. The highest BCUT2D eigenvalue weighted by molar-refractivity contribution is 7.79. The molecule has 0 aliphatic rings. The number of carbonyl (C=O) groups excluding carboxylic acids is 1. The van der Waals surface area contributed by atoms with Crippen molar-refractivity contribution < 1.29 is 13.6 Å². The van der Waals surface area contributed by atoms with Gasteiger partial charge >= 0.3 is 0 Å². The standard InChI is InChI=1S/C29H27Cl2N5O3S/c1-16-10-25-26(11-17(16)2)35-28(34-25)21(18-6-4-3-5-7-18)14-32-29(37)27-22(30)12-19(13-23(27)31)20-15-33-36-24(20)8-9-40(38)39/h3-7,10-13,15,21H,8-9,14H2,1-2H3,(H,32,37)(H,33,36)(H,34,35)(H,38,39)/p-1. The van der Waals surface area contributed by atoms with Crippen LogP contribution < -0.4 is 5.32 Å². The van der Waals surface area contributed by atoms with E-state index in [1.807, 2.05) is 30.3 Å². The number of hydrogen-bond donors (Lipinski definition) is 3. The lowest BCUT2D eigenvalue weighted by molar-refractivity contribution is 0.0952. The Morgan fingerprint density at radius 3 is 2.48 bits per heavy atom. The first-order valence-electron chi connectivity index (χ1n) is 12.6. The number of nitrogens with one attached hydrogen (secondary N) is 3. The van der Waals surface area contributed by atoms with E-state index < -0.39 is 17.0 Å². The van der Waals surface area contributed by atoms with Crippen LogP contribution in [0.3, 0.4) is 0 Å². The third-order valence-corrected chi connectivity index (χ3v) is 8.07. The Bertz CT molecular complexity index is 1660. The van der Waals surface area contributed by atoms with Crippen molar-refractivity contribution in [2.75, 3.05) is 12.3 Å². The summed E-state index contributed by atoms with van der Waals surface area (Å²) in [5.74, 6) is 0.0319. The second-order valence-corrected chi connectivity index (χ2v) is 11.4. The molecule has 3 N–H and O–H groups in total. The van der Waals surface area contributed by atoms with Crippen LogP contribution in [0.2, 0.25) is 10.0 Å². The molecule has 8 nitrogen and oxygen atoms in total. The van der Waals surface area contributed by atoms with Crippen LogP contribution in [0, 0.1) is 13.8 Å². The highest BCUT2D eigenvalue weighted by Crippen LogP contribution is 2.33. The summed E-state index contributed by atoms with van der Waals surface area (Å²) >= 11 is 10.9. The molecule has 0 spiro atoms. The van der Waals surface area contributed by atoms with Crippen molar-refractivity contribution in [3.63, 3.8) is 0 Å². The number of aromatic nitrogens is 4. The maximum absolute atomic E-state index is 13.4. The van der Waals surface area contributed by atoms with E-state index >= 15 is 0 Å². The third-order valence-electron chi connectivity index (χ3n) is 6.93. The van der Waals surface area contributed by atoms with E-state index in [9.17, 15) is 13.6 Å². The van der Waals surface area contributed by atoms with Crippen LogP contribution in [-0.2, 0) is 17.5 Å². The van der Waals surface area contributed by atoms with Crippen LogP contribution in [0.15, 0.2) is 60.8 Å². The van der Waals surface area contributed by atoms with Gasteiger partial charge in [0.2, 0.25) is 0 Å². The fraction of sp³-hybridized carbons (Fsp3) is 0.207. The number of hydrogen-bond acceptors (Lipinski definition) is 5. The first-order valence-corrected chi connectivity index (χ1v) is 14.6. The molecule has 0 saturated carbocycles. The van der Waals surface area contributed by atoms with Crippen molar-refractivity contribution >= 4 is 51.2 Å². The molecule has 11 heteroatoms. The second-order valence-electron chi connectivity index (χ2n) is 9.58. The molecule has 5 aromatic rings. The summed E-state index contributed by atoms with van der Waals surface area (Å²) in [5, 5.41) is 10.2. The fourth-order valence-corrected chi connectivity index (χ4v) is 5.71. The minimum Gasteiger partial charge on any atom is -0.772 e. The Labute approximate surface area is 243 Å². The lowest BCUT2D eigenvalue weighted by atomic mass is 9.98. The van der Waals surface area contributed by atoms with Gasteiger partial charge in [-0.2, -0.15) is 5.10 Å². The average Bonchev–Trinajstić information content (AvgIpc) is 3.55. The molecule has 0 aliphatic heterocycles. The van der Waals surface area contributed by atoms with E-state index in [0.29, 0.717) is 16.8 Å². The van der Waals surface area contributed by atoms with Gasteiger partial charge in [-0.15, -0.1) is 0 Å². The summed E-state index contributed by atoms with van der Waals surface area (Å²) in [6.45, 7) is 4.37. The van der Waals surface area contributed by atoms with E-state index in [4.69, 9.17) is 28.2 Å². The molecule has 2 atom stereocenters. The molecule has 3 aromatic carbocycles. The number of halogens is 2. The first-order chi connectivity index (χ1) is 19.2. The molecular weight excluding hydrogens is 569 g/mol. The van der Waals surface area contributed by atoms with Crippen LogP contribution >= 0.6 is 23.2 Å². The number of benzene rings is 3. The smallest absolute Gasteiger partial charge is 0.254 e. The Hall–Kier alpha value is -3.50. The summed E-state index contributed by atoms with van der Waals surface area (Å²) in [7, 11) is 0. The number of fused-ring (bicyclic) bond motifs is 1. The minimum absolute atomic E-state index is 0.0514. The zero-order chi connectivity index (χ0) is 28.4. The maximum Gasteiger partial charge on any atom is 0.254 e. The summed E-state index contributed by atoms with van der Waals surface area (Å²) in [6.07, 6.45) is 1.83. The van der Waals surface area contributed by atoms with Gasteiger partial charge in [-0.05, 0) is 60.4 Å². The van der Waals surface area contributed by atoms with E-state index in [-0.39, 0.29) is 40.2 Å². The minimum atomic E-state index is -2.18. The average molecular weight is 596 g/mol. The molecule has 0 bridgehead atoms. The largest absolute Gasteiger partial charge is 0.772 e. The summed E-state index contributed by atoms with van der Waals surface area (Å²) in [4.78, 5) is 21.6. The lowest BCUT2D eigenvalue weighted by Gasteiger charge is -2.17. The highest BCUT2D eigenvalue weighted by Gasteiger charge is 2.23. The van der Waals surface area contributed by atoms with Gasteiger partial charge in [0.05, 0.1) is 38.8 Å². The summed E-state index contributed by atoms with van der Waals surface area (Å²) in [5.41, 5.74) is 7.21. The Kier molecular flexibility index (Phi) is 8.37. The normalized spacial score (nSPS) is 12.9. The van der Waals surface area contributed by atoms with Gasteiger partial charge in [0.1, 0.15) is 5.82 Å². The first kappa shape index (κ1) is 28.0. The summed E-state index contributed by atoms with van der Waals surface area (Å²) in [6, 6.07) is 17.2. The molecule has 2 aromatic heterocycles. The van der Waals surface area contributed by atoms with Crippen LogP contribution in [0.25, 0.3) is 22.2 Å². The number of imidazole rings is 1.